The van der Waals surface area contributed by atoms with E-state index in [4.69, 9.17) is 9.47 Å². The largest absolute Gasteiger partial charge is 0.482 e. The maximum atomic E-state index is 13.7. The molecule has 0 radical (unpaired) electrons. The Morgan fingerprint density at radius 1 is 1.19 bits per heavy atom. The van der Waals surface area contributed by atoms with Gasteiger partial charge < -0.3 is 14.8 Å². The third-order valence-electron chi connectivity index (χ3n) is 4.63. The molecule has 0 aliphatic carbocycles. The summed E-state index contributed by atoms with van der Waals surface area (Å²) in [5, 5.41) is 2.74. The molecule has 0 aromatic heterocycles. The first-order valence-corrected chi connectivity index (χ1v) is 9.84. The maximum Gasteiger partial charge on any atom is 0.265 e. The summed E-state index contributed by atoms with van der Waals surface area (Å²) >= 11 is 0. The number of carbonyl (C=O) groups is 3. The van der Waals surface area contributed by atoms with Crippen LogP contribution < -0.4 is 19.7 Å². The number of rotatable bonds is 9. The first-order valence-electron chi connectivity index (χ1n) is 9.84. The van der Waals surface area contributed by atoms with E-state index in [1.165, 1.54) is 23.1 Å². The molecule has 1 N–H and O–H groups in total. The van der Waals surface area contributed by atoms with Crippen LogP contribution in [0.2, 0.25) is 0 Å². The highest BCUT2D eigenvalue weighted by atomic mass is 19.1. The highest BCUT2D eigenvalue weighted by Gasteiger charge is 2.28. The number of amides is 2. The summed E-state index contributed by atoms with van der Waals surface area (Å²) in [4.78, 5) is 38.3. The van der Waals surface area contributed by atoms with Crippen LogP contribution in [0.15, 0.2) is 36.4 Å². The molecule has 0 unspecified atom stereocenters. The molecule has 2 aromatic rings. The molecule has 2 aromatic carbocycles. The van der Waals surface area contributed by atoms with E-state index in [-0.39, 0.29) is 30.4 Å². The molecule has 3 rings (SSSR count). The zero-order valence-corrected chi connectivity index (χ0v) is 17.0. The zero-order valence-electron chi connectivity index (χ0n) is 17.0. The summed E-state index contributed by atoms with van der Waals surface area (Å²) in [5.74, 6) is -2.78. The minimum absolute atomic E-state index is 0.191. The van der Waals surface area contributed by atoms with Crippen LogP contribution in [-0.4, -0.2) is 43.9 Å². The fourth-order valence-electron chi connectivity index (χ4n) is 2.97. The van der Waals surface area contributed by atoms with E-state index in [9.17, 15) is 23.2 Å². The molecule has 0 bridgehead atoms. The number of carbonyl (C=O) groups excluding carboxylic acids is 3. The Bertz CT molecular complexity index is 996. The van der Waals surface area contributed by atoms with Gasteiger partial charge in [0, 0.05) is 18.2 Å². The smallest absolute Gasteiger partial charge is 0.265 e. The number of unbranched alkanes of at least 4 members (excludes halogenated alkanes) is 1. The second-order valence-electron chi connectivity index (χ2n) is 6.94. The number of ketones is 1. The number of fused-ring (bicyclic) bond motifs is 1. The van der Waals surface area contributed by atoms with E-state index in [1.54, 1.807) is 0 Å². The van der Waals surface area contributed by atoms with Gasteiger partial charge in [-0.3, -0.25) is 19.3 Å². The van der Waals surface area contributed by atoms with Gasteiger partial charge >= 0.3 is 0 Å². The lowest BCUT2D eigenvalue weighted by Gasteiger charge is -2.29. The van der Waals surface area contributed by atoms with Gasteiger partial charge in [0.15, 0.2) is 30.6 Å². The third-order valence-corrected chi connectivity index (χ3v) is 4.63. The molecule has 0 spiro atoms. The molecule has 164 valence electrons. The summed E-state index contributed by atoms with van der Waals surface area (Å²) in [5.41, 5.74) is 0.483. The van der Waals surface area contributed by atoms with Crippen molar-refractivity contribution < 1.29 is 32.6 Å². The van der Waals surface area contributed by atoms with Crippen LogP contribution in [0, 0.1) is 11.6 Å². The Morgan fingerprint density at radius 3 is 2.74 bits per heavy atom. The Kier molecular flexibility index (Phi) is 7.17. The zero-order chi connectivity index (χ0) is 22.4. The lowest BCUT2D eigenvalue weighted by molar-refractivity contribution is -0.125. The molecule has 9 heteroatoms. The minimum Gasteiger partial charge on any atom is -0.482 e. The summed E-state index contributed by atoms with van der Waals surface area (Å²) in [7, 11) is 0. The van der Waals surface area contributed by atoms with Crippen molar-refractivity contribution in [3.05, 3.63) is 53.6 Å². The van der Waals surface area contributed by atoms with Crippen molar-refractivity contribution in [2.24, 2.45) is 0 Å². The van der Waals surface area contributed by atoms with Gasteiger partial charge in [-0.2, -0.15) is 0 Å². The summed E-state index contributed by atoms with van der Waals surface area (Å²) in [6, 6.07) is 7.21. The highest BCUT2D eigenvalue weighted by molar-refractivity contribution is 6.04. The van der Waals surface area contributed by atoms with Crippen molar-refractivity contribution in [3.8, 4) is 11.5 Å². The average Bonchev–Trinajstić information content (AvgIpc) is 2.75. The molecule has 0 saturated heterocycles. The van der Waals surface area contributed by atoms with Gasteiger partial charge in [-0.1, -0.05) is 13.3 Å². The van der Waals surface area contributed by atoms with E-state index in [0.29, 0.717) is 24.0 Å². The summed E-state index contributed by atoms with van der Waals surface area (Å²) in [6.07, 6.45) is 1.75. The monoisotopic (exact) mass is 432 g/mol. The van der Waals surface area contributed by atoms with Gasteiger partial charge in [-0.05, 0) is 36.8 Å². The van der Waals surface area contributed by atoms with Crippen LogP contribution in [0.25, 0.3) is 0 Å². The molecule has 31 heavy (non-hydrogen) atoms. The van der Waals surface area contributed by atoms with Crippen molar-refractivity contribution in [1.82, 2.24) is 5.32 Å². The average molecular weight is 432 g/mol. The van der Waals surface area contributed by atoms with Crippen LogP contribution >= 0.6 is 0 Å². The number of halogens is 2. The summed E-state index contributed by atoms with van der Waals surface area (Å²) in [6.45, 7) is 1.61. The lowest BCUT2D eigenvalue weighted by Crippen LogP contribution is -2.45. The van der Waals surface area contributed by atoms with E-state index < -0.39 is 29.9 Å². The minimum atomic E-state index is -0.919. The van der Waals surface area contributed by atoms with Gasteiger partial charge in [0.05, 0.1) is 5.69 Å². The van der Waals surface area contributed by atoms with E-state index in [2.05, 4.69) is 5.32 Å². The van der Waals surface area contributed by atoms with Crippen molar-refractivity contribution in [3.63, 3.8) is 0 Å². The topological polar surface area (TPSA) is 84.9 Å². The highest BCUT2D eigenvalue weighted by Crippen LogP contribution is 2.33. The Morgan fingerprint density at radius 2 is 2.00 bits per heavy atom. The molecule has 0 fully saturated rings. The van der Waals surface area contributed by atoms with Crippen LogP contribution in [0.1, 0.15) is 30.1 Å². The number of hydrogen-bond donors (Lipinski definition) is 1. The number of hydrogen-bond acceptors (Lipinski definition) is 5. The van der Waals surface area contributed by atoms with Crippen molar-refractivity contribution in [1.29, 1.82) is 0 Å². The van der Waals surface area contributed by atoms with Gasteiger partial charge in [-0.25, -0.2) is 8.78 Å². The standard InChI is InChI=1S/C22H22F2N2O5/c1-2-3-8-25-21(28)11-26-17-9-14(4-6-20(17)31-13-22(26)29)18(27)12-30-19-7-5-15(23)10-16(19)24/h4-7,9-10H,2-3,8,11-13H2,1H3,(H,25,28). The number of anilines is 1. The van der Waals surface area contributed by atoms with Crippen molar-refractivity contribution >= 4 is 23.3 Å². The van der Waals surface area contributed by atoms with Crippen LogP contribution in [0.5, 0.6) is 11.5 Å². The second-order valence-corrected chi connectivity index (χ2v) is 6.94. The third kappa shape index (κ3) is 5.56. The lowest BCUT2D eigenvalue weighted by atomic mass is 10.1. The molecule has 0 atom stereocenters. The molecule has 2 amide bonds. The molecule has 1 aliphatic heterocycles. The Balaban J connectivity index is 1.72. The Labute approximate surface area is 177 Å². The van der Waals surface area contributed by atoms with Gasteiger partial charge in [-0.15, -0.1) is 0 Å². The first kappa shape index (κ1) is 22.2. The quantitative estimate of drug-likeness (QED) is 0.487. The predicted molar refractivity (Wildman–Crippen MR) is 108 cm³/mol. The second kappa shape index (κ2) is 10.0. The summed E-state index contributed by atoms with van der Waals surface area (Å²) < 4.78 is 37.2. The number of nitrogens with zero attached hydrogens (tertiary/aromatic N) is 1. The number of ether oxygens (including phenoxy) is 2. The van der Waals surface area contributed by atoms with Gasteiger partial charge in [0.2, 0.25) is 5.91 Å². The fourth-order valence-corrected chi connectivity index (χ4v) is 2.97. The van der Waals surface area contributed by atoms with Gasteiger partial charge in [0.25, 0.3) is 5.91 Å². The molecular formula is C22H22F2N2O5. The SMILES string of the molecule is CCCCNC(=O)CN1C(=O)COc2ccc(C(=O)COc3ccc(F)cc3F)cc21. The van der Waals surface area contributed by atoms with Crippen LogP contribution in [0.3, 0.4) is 0 Å². The molecular weight excluding hydrogens is 410 g/mol. The van der Waals surface area contributed by atoms with E-state index in [1.807, 2.05) is 6.92 Å². The molecule has 7 nitrogen and oxygen atoms in total. The fraction of sp³-hybridized carbons (Fsp3) is 0.318. The van der Waals surface area contributed by atoms with Crippen LogP contribution in [0.4, 0.5) is 14.5 Å². The van der Waals surface area contributed by atoms with Crippen molar-refractivity contribution in [2.75, 3.05) is 31.2 Å². The van der Waals surface area contributed by atoms with Gasteiger partial charge in [0.1, 0.15) is 18.1 Å². The van der Waals surface area contributed by atoms with Crippen molar-refractivity contribution in [2.45, 2.75) is 19.8 Å². The van der Waals surface area contributed by atoms with E-state index >= 15 is 0 Å². The number of benzene rings is 2. The predicted octanol–water partition coefficient (Wildman–Crippen LogP) is 2.87. The maximum absolute atomic E-state index is 13.7. The Hall–Kier alpha value is -3.49. The van der Waals surface area contributed by atoms with E-state index in [0.717, 1.165) is 25.0 Å². The first-order chi connectivity index (χ1) is 14.9. The normalized spacial score (nSPS) is 12.7. The number of nitrogens with one attached hydrogen (secondary N) is 1. The molecule has 0 saturated carbocycles. The molecule has 1 aliphatic rings. The number of Topliss-reactive ketones (excluding diaryl/α,β-unsaturated/α-hetero) is 1. The molecule has 1 heterocycles. The van der Waals surface area contributed by atoms with Crippen LogP contribution in [-0.2, 0) is 9.59 Å².